The highest BCUT2D eigenvalue weighted by Crippen LogP contribution is 2.31. The number of likely N-dealkylation sites (N-methyl/N-ethyl adjacent to an activating group) is 1. The zero-order valence-corrected chi connectivity index (χ0v) is 17.5. The van der Waals surface area contributed by atoms with E-state index in [-0.39, 0.29) is 31.2 Å². The number of carbonyl (C=O) groups excluding carboxylic acids is 1. The van der Waals surface area contributed by atoms with Crippen molar-refractivity contribution in [1.29, 1.82) is 0 Å². The summed E-state index contributed by atoms with van der Waals surface area (Å²) in [5, 5.41) is 6.12. The Morgan fingerprint density at radius 1 is 1.29 bits per heavy atom. The summed E-state index contributed by atoms with van der Waals surface area (Å²) < 4.78 is 40.0. The smallest absolute Gasteiger partial charge is 0.376 e. The molecule has 0 spiro atoms. The maximum Gasteiger partial charge on any atom is 0.418 e. The quantitative estimate of drug-likeness (QED) is 0.669. The van der Waals surface area contributed by atoms with E-state index in [1.807, 2.05) is 23.1 Å². The second-order valence-corrected chi connectivity index (χ2v) is 7.51. The molecule has 0 bridgehead atoms. The van der Waals surface area contributed by atoms with Crippen LogP contribution in [0.5, 0.6) is 0 Å². The van der Waals surface area contributed by atoms with Gasteiger partial charge in [-0.2, -0.15) is 13.2 Å². The van der Waals surface area contributed by atoms with Gasteiger partial charge in [0.05, 0.1) is 24.3 Å². The van der Waals surface area contributed by atoms with Crippen molar-refractivity contribution in [2.45, 2.75) is 25.7 Å². The van der Waals surface area contributed by atoms with Crippen molar-refractivity contribution in [2.75, 3.05) is 38.5 Å². The highest BCUT2D eigenvalue weighted by molar-refractivity contribution is 5.81. The van der Waals surface area contributed by atoms with Crippen LogP contribution in [-0.4, -0.2) is 53.9 Å². The number of amides is 1. The first kappa shape index (κ1) is 23.0. The molecule has 2 aromatic rings. The van der Waals surface area contributed by atoms with E-state index in [9.17, 15) is 18.0 Å². The van der Waals surface area contributed by atoms with Crippen molar-refractivity contribution in [3.63, 3.8) is 0 Å². The lowest BCUT2D eigenvalue weighted by Gasteiger charge is -2.27. The lowest BCUT2D eigenvalue weighted by Crippen LogP contribution is -2.39. The number of anilines is 1. The molecule has 2 N–H and O–H groups in total. The number of nitrogens with zero attached hydrogens (tertiary/aromatic N) is 3. The minimum atomic E-state index is -4.52. The molecule has 1 amide bonds. The molecule has 1 aliphatic heterocycles. The summed E-state index contributed by atoms with van der Waals surface area (Å²) in [7, 11) is 5.70. The Labute approximate surface area is 180 Å². The van der Waals surface area contributed by atoms with Gasteiger partial charge in [-0.1, -0.05) is 12.1 Å². The van der Waals surface area contributed by atoms with Gasteiger partial charge in [0.25, 0.3) is 0 Å². The highest BCUT2D eigenvalue weighted by atomic mass is 19.4. The lowest BCUT2D eigenvalue weighted by molar-refractivity contribution is -0.140. The molecule has 0 atom stereocenters. The predicted octanol–water partition coefficient (Wildman–Crippen LogP) is 2.91. The van der Waals surface area contributed by atoms with Gasteiger partial charge in [0.1, 0.15) is 0 Å². The van der Waals surface area contributed by atoms with Crippen LogP contribution in [0.1, 0.15) is 22.4 Å². The third kappa shape index (κ3) is 5.95. The normalized spacial score (nSPS) is 14.2. The molecular weight excluding hydrogens is 407 g/mol. The number of carbonyl (C=O) groups is 1. The molecule has 167 valence electrons. The van der Waals surface area contributed by atoms with Gasteiger partial charge < -0.3 is 15.5 Å². The van der Waals surface area contributed by atoms with Gasteiger partial charge in [-0.3, -0.25) is 14.7 Å². The van der Waals surface area contributed by atoms with Crippen LogP contribution in [-0.2, 0) is 30.5 Å². The third-order valence-corrected chi connectivity index (χ3v) is 5.30. The average molecular weight is 434 g/mol. The molecule has 3 rings (SSSR count). The fraction of sp³-hybridized carbons (Fsp3) is 0.409. The Morgan fingerprint density at radius 2 is 2.10 bits per heavy atom. The molecule has 2 heterocycles. The predicted molar refractivity (Wildman–Crippen MR) is 113 cm³/mol. The first-order chi connectivity index (χ1) is 14.8. The van der Waals surface area contributed by atoms with E-state index in [1.54, 1.807) is 7.05 Å². The van der Waals surface area contributed by atoms with Crippen molar-refractivity contribution in [3.05, 3.63) is 66.0 Å². The molecule has 0 aliphatic carbocycles. The minimum absolute atomic E-state index is 0.0115. The van der Waals surface area contributed by atoms with Crippen LogP contribution < -0.4 is 10.6 Å². The molecule has 1 aliphatic rings. The number of hydrogen-bond donors (Lipinski definition) is 2. The minimum Gasteiger partial charge on any atom is -0.376 e. The lowest BCUT2D eigenvalue weighted by atomic mass is 9.98. The summed E-state index contributed by atoms with van der Waals surface area (Å²) in [5.41, 5.74) is 2.21. The monoisotopic (exact) mass is 434 g/mol. The van der Waals surface area contributed by atoms with Crippen LogP contribution in [0, 0.1) is 7.05 Å². The molecule has 1 radical (unpaired) electrons. The summed E-state index contributed by atoms with van der Waals surface area (Å²) in [6.45, 7) is 2.08. The second kappa shape index (κ2) is 10.1. The maximum atomic E-state index is 13.3. The molecule has 31 heavy (non-hydrogen) atoms. The molecule has 1 aromatic carbocycles. The van der Waals surface area contributed by atoms with E-state index in [1.165, 1.54) is 17.2 Å². The Hall–Kier alpha value is -2.65. The summed E-state index contributed by atoms with van der Waals surface area (Å²) in [5.74, 6) is -0.291. The number of aromatic nitrogens is 1. The first-order valence-corrected chi connectivity index (χ1v) is 10.1. The number of pyridine rings is 1. The van der Waals surface area contributed by atoms with Gasteiger partial charge >= 0.3 is 6.18 Å². The highest BCUT2D eigenvalue weighted by Gasteiger charge is 2.34. The van der Waals surface area contributed by atoms with Gasteiger partial charge in [0, 0.05) is 45.1 Å². The van der Waals surface area contributed by atoms with Gasteiger partial charge in [-0.15, -0.1) is 0 Å². The fourth-order valence-electron chi connectivity index (χ4n) is 3.66. The number of halogens is 3. The SMILES string of the molecule is [CH2]N1CCc2c(cccc2NCC(=O)N(CCNC)Cc2ncccc2C(F)(F)F)C1. The number of alkyl halides is 3. The first-order valence-electron chi connectivity index (χ1n) is 10.1. The van der Waals surface area contributed by atoms with E-state index in [2.05, 4.69) is 22.7 Å². The molecular formula is C22H27F3N5O. The molecule has 6 nitrogen and oxygen atoms in total. The van der Waals surface area contributed by atoms with Crippen molar-refractivity contribution < 1.29 is 18.0 Å². The summed E-state index contributed by atoms with van der Waals surface area (Å²) in [6, 6.07) is 8.12. The van der Waals surface area contributed by atoms with Crippen LogP contribution in [0.25, 0.3) is 0 Å². The second-order valence-electron chi connectivity index (χ2n) is 7.51. The van der Waals surface area contributed by atoms with Crippen molar-refractivity contribution >= 4 is 11.6 Å². The fourth-order valence-corrected chi connectivity index (χ4v) is 3.66. The Kier molecular flexibility index (Phi) is 7.50. The number of fused-ring (bicyclic) bond motifs is 1. The third-order valence-electron chi connectivity index (χ3n) is 5.30. The zero-order valence-electron chi connectivity index (χ0n) is 17.5. The number of nitrogens with one attached hydrogen (secondary N) is 2. The van der Waals surface area contributed by atoms with E-state index in [0.29, 0.717) is 6.54 Å². The topological polar surface area (TPSA) is 60.5 Å². The molecule has 0 fully saturated rings. The summed E-state index contributed by atoms with van der Waals surface area (Å²) in [6.07, 6.45) is -2.39. The summed E-state index contributed by atoms with van der Waals surface area (Å²) in [4.78, 5) is 20.2. The standard InChI is InChI=1S/C22H27F3N5O/c1-26-10-12-30(15-20-18(22(23,24)25)6-4-9-27-20)21(31)13-28-19-7-3-5-16-14-29(2)11-8-17(16)19/h3-7,9,26,28H,2,8,10-15H2,1H3. The maximum absolute atomic E-state index is 13.3. The van der Waals surface area contributed by atoms with Crippen LogP contribution in [0.2, 0.25) is 0 Å². The van der Waals surface area contributed by atoms with Gasteiger partial charge in [0.15, 0.2) is 0 Å². The van der Waals surface area contributed by atoms with E-state index in [0.717, 1.165) is 42.4 Å². The Morgan fingerprint density at radius 3 is 2.84 bits per heavy atom. The Bertz CT molecular complexity index is 903. The van der Waals surface area contributed by atoms with Gasteiger partial charge in [-0.25, -0.2) is 0 Å². The van der Waals surface area contributed by atoms with E-state index >= 15 is 0 Å². The largest absolute Gasteiger partial charge is 0.418 e. The van der Waals surface area contributed by atoms with Crippen LogP contribution in [0.15, 0.2) is 36.5 Å². The molecule has 0 saturated heterocycles. The molecule has 0 unspecified atom stereocenters. The average Bonchev–Trinajstić information content (AvgIpc) is 2.74. The molecule has 0 saturated carbocycles. The zero-order chi connectivity index (χ0) is 22.4. The van der Waals surface area contributed by atoms with Gasteiger partial charge in [0.2, 0.25) is 5.91 Å². The van der Waals surface area contributed by atoms with Crippen LogP contribution >= 0.6 is 0 Å². The Balaban J connectivity index is 1.73. The van der Waals surface area contributed by atoms with Crippen LogP contribution in [0.4, 0.5) is 18.9 Å². The number of hydrogen-bond acceptors (Lipinski definition) is 5. The number of rotatable bonds is 8. The van der Waals surface area contributed by atoms with Crippen molar-refractivity contribution in [2.24, 2.45) is 0 Å². The van der Waals surface area contributed by atoms with Gasteiger partial charge in [-0.05, 0) is 42.8 Å². The summed E-state index contributed by atoms with van der Waals surface area (Å²) >= 11 is 0. The molecule has 9 heteroatoms. The van der Waals surface area contributed by atoms with Crippen molar-refractivity contribution in [3.8, 4) is 0 Å². The van der Waals surface area contributed by atoms with Crippen molar-refractivity contribution in [1.82, 2.24) is 20.1 Å². The van der Waals surface area contributed by atoms with E-state index in [4.69, 9.17) is 0 Å². The number of benzene rings is 1. The van der Waals surface area contributed by atoms with E-state index < -0.39 is 11.7 Å². The molecule has 1 aromatic heterocycles. The van der Waals surface area contributed by atoms with Crippen LogP contribution in [0.3, 0.4) is 0 Å².